The number of hydrogen-bond acceptors (Lipinski definition) is 0. The minimum atomic E-state index is 0.953. The van der Waals surface area contributed by atoms with Crippen LogP contribution in [0.2, 0.25) is 0 Å². The van der Waals surface area contributed by atoms with Crippen molar-refractivity contribution in [3.63, 3.8) is 0 Å². The molecule has 0 aliphatic rings. The minimum absolute atomic E-state index is 0.953. The molecule has 0 spiro atoms. The third-order valence-corrected chi connectivity index (χ3v) is 2.46. The molecule has 0 heterocycles. The maximum absolute atomic E-state index is 3.75. The van der Waals surface area contributed by atoms with Gasteiger partial charge in [0.15, 0.2) is 0 Å². The van der Waals surface area contributed by atoms with E-state index in [2.05, 4.69) is 52.7 Å². The van der Waals surface area contributed by atoms with Crippen molar-refractivity contribution in [1.82, 2.24) is 0 Å². The van der Waals surface area contributed by atoms with Crippen LogP contribution in [0.5, 0.6) is 0 Å². The molecule has 0 N–H and O–H groups in total. The van der Waals surface area contributed by atoms with Gasteiger partial charge in [0.25, 0.3) is 0 Å². The third kappa shape index (κ3) is 4.43. The first-order valence-electron chi connectivity index (χ1n) is 5.32. The fourth-order valence-corrected chi connectivity index (χ4v) is 1.58. The fraction of sp³-hybridized carbons (Fsp3) is 0.538. The van der Waals surface area contributed by atoms with Crippen molar-refractivity contribution in [3.8, 4) is 0 Å². The Hall–Kier alpha value is -0.820. The lowest BCUT2D eigenvalue weighted by molar-refractivity contribution is -0.849. The van der Waals surface area contributed by atoms with Crippen LogP contribution in [0.4, 0.5) is 0 Å². The Bertz CT molecular complexity index is 221. The highest BCUT2D eigenvalue weighted by molar-refractivity contribution is 5.09. The average molecular weight is 194 g/mol. The van der Waals surface area contributed by atoms with Crippen LogP contribution in [-0.4, -0.2) is 25.1 Å². The van der Waals surface area contributed by atoms with Crippen molar-refractivity contribution < 1.29 is 4.48 Å². The Morgan fingerprint density at radius 2 is 1.93 bits per heavy atom. The summed E-state index contributed by atoms with van der Waals surface area (Å²) in [5, 5.41) is 0. The van der Waals surface area contributed by atoms with E-state index in [9.17, 15) is 0 Å². The van der Waals surface area contributed by atoms with Crippen molar-refractivity contribution in [2.45, 2.75) is 26.7 Å². The van der Waals surface area contributed by atoms with Gasteiger partial charge in [-0.3, -0.25) is 4.48 Å². The maximum Gasteiger partial charge on any atom is 0.127 e. The van der Waals surface area contributed by atoms with Gasteiger partial charge in [-0.1, -0.05) is 12.2 Å². The Morgan fingerprint density at radius 3 is 2.36 bits per heavy atom. The molecule has 0 amide bonds. The number of hydrogen-bond donors (Lipinski definition) is 0. The summed E-state index contributed by atoms with van der Waals surface area (Å²) in [7, 11) is 4.50. The number of nitrogens with zero attached hydrogens (tertiary/aromatic N) is 1. The Balaban J connectivity index is 4.33. The van der Waals surface area contributed by atoms with E-state index < -0.39 is 0 Å². The van der Waals surface area contributed by atoms with Crippen LogP contribution in [0.25, 0.3) is 0 Å². The van der Waals surface area contributed by atoms with E-state index in [0.29, 0.717) is 0 Å². The molecule has 0 saturated heterocycles. The highest BCUT2D eigenvalue weighted by Gasteiger charge is 2.17. The standard InChI is InChI=1S/C13H24N/c1-6-9-10-12-14(4,5)13(8-3)11-7-2/h6-8,11H,1,9-10,12H2,2-5H3/q+1. The predicted molar refractivity (Wildman–Crippen MR) is 65.0 cm³/mol. The van der Waals surface area contributed by atoms with Crippen LogP contribution in [0, 0.1) is 0 Å². The van der Waals surface area contributed by atoms with Crippen molar-refractivity contribution in [3.05, 3.63) is 36.6 Å². The molecule has 0 bridgehead atoms. The molecule has 0 aromatic carbocycles. The summed E-state index contributed by atoms with van der Waals surface area (Å²) in [5.41, 5.74) is 1.37. The molecule has 0 aliphatic carbocycles. The molecule has 0 fully saturated rings. The second-order valence-electron chi connectivity index (χ2n) is 4.05. The van der Waals surface area contributed by atoms with Gasteiger partial charge in [-0.05, 0) is 32.4 Å². The summed E-state index contributed by atoms with van der Waals surface area (Å²) in [6, 6.07) is 0. The van der Waals surface area contributed by atoms with Crippen LogP contribution in [0.3, 0.4) is 0 Å². The summed E-state index contributed by atoms with van der Waals surface area (Å²) >= 11 is 0. The summed E-state index contributed by atoms with van der Waals surface area (Å²) in [4.78, 5) is 0. The van der Waals surface area contributed by atoms with E-state index >= 15 is 0 Å². The lowest BCUT2D eigenvalue weighted by Gasteiger charge is -2.30. The van der Waals surface area contributed by atoms with Crippen molar-refractivity contribution in [1.29, 1.82) is 0 Å². The average Bonchev–Trinajstić information content (AvgIpc) is 2.14. The number of rotatable bonds is 6. The molecule has 0 aliphatic heterocycles. The zero-order chi connectivity index (χ0) is 11.0. The first-order valence-corrected chi connectivity index (χ1v) is 5.32. The number of unbranched alkanes of at least 4 members (excludes halogenated alkanes) is 1. The Labute approximate surface area is 89.0 Å². The lowest BCUT2D eigenvalue weighted by Crippen LogP contribution is -2.38. The van der Waals surface area contributed by atoms with Crippen LogP contribution >= 0.6 is 0 Å². The summed E-state index contributed by atoms with van der Waals surface area (Å²) in [6.45, 7) is 9.07. The molecule has 80 valence electrons. The summed E-state index contributed by atoms with van der Waals surface area (Å²) < 4.78 is 0.953. The first kappa shape index (κ1) is 13.2. The molecular formula is C13H24N+. The molecule has 0 aromatic rings. The van der Waals surface area contributed by atoms with Crippen LogP contribution in [0.15, 0.2) is 36.6 Å². The largest absolute Gasteiger partial charge is 0.296 e. The molecule has 0 radical (unpaired) electrons. The van der Waals surface area contributed by atoms with E-state index in [1.165, 1.54) is 12.1 Å². The van der Waals surface area contributed by atoms with Crippen LogP contribution < -0.4 is 0 Å². The van der Waals surface area contributed by atoms with E-state index in [1.807, 2.05) is 6.08 Å². The second kappa shape index (κ2) is 6.61. The van der Waals surface area contributed by atoms with Gasteiger partial charge >= 0.3 is 0 Å². The zero-order valence-electron chi connectivity index (χ0n) is 10.1. The SMILES string of the molecule is C=CCCC[N+](C)(C)C(C=CC)=CC. The molecule has 1 nitrogen and oxygen atoms in total. The molecule has 0 atom stereocenters. The number of allylic oxidation sites excluding steroid dienone is 4. The molecule has 0 aromatic heterocycles. The quantitative estimate of drug-likeness (QED) is 0.263. The van der Waals surface area contributed by atoms with E-state index in [4.69, 9.17) is 0 Å². The highest BCUT2D eigenvalue weighted by atomic mass is 15.3. The van der Waals surface area contributed by atoms with Crippen LogP contribution in [0.1, 0.15) is 26.7 Å². The highest BCUT2D eigenvalue weighted by Crippen LogP contribution is 2.14. The molecule has 0 saturated carbocycles. The fourth-order valence-electron chi connectivity index (χ4n) is 1.58. The van der Waals surface area contributed by atoms with Crippen molar-refractivity contribution >= 4 is 0 Å². The van der Waals surface area contributed by atoms with Gasteiger partial charge in [0.2, 0.25) is 0 Å². The van der Waals surface area contributed by atoms with Crippen LogP contribution in [-0.2, 0) is 0 Å². The van der Waals surface area contributed by atoms with E-state index in [-0.39, 0.29) is 0 Å². The molecular weight excluding hydrogens is 170 g/mol. The van der Waals surface area contributed by atoms with Gasteiger partial charge in [0.05, 0.1) is 20.6 Å². The van der Waals surface area contributed by atoms with Gasteiger partial charge in [0.1, 0.15) is 5.70 Å². The topological polar surface area (TPSA) is 0 Å². The van der Waals surface area contributed by atoms with E-state index in [1.54, 1.807) is 0 Å². The zero-order valence-corrected chi connectivity index (χ0v) is 10.1. The van der Waals surface area contributed by atoms with Crippen molar-refractivity contribution in [2.75, 3.05) is 20.6 Å². The van der Waals surface area contributed by atoms with Crippen molar-refractivity contribution in [2.24, 2.45) is 0 Å². The monoisotopic (exact) mass is 194 g/mol. The van der Waals surface area contributed by atoms with Gasteiger partial charge in [-0.2, -0.15) is 0 Å². The van der Waals surface area contributed by atoms with E-state index in [0.717, 1.165) is 17.4 Å². The Morgan fingerprint density at radius 1 is 1.29 bits per heavy atom. The van der Waals surface area contributed by atoms with Gasteiger partial charge in [-0.15, -0.1) is 6.58 Å². The molecule has 0 rings (SSSR count). The minimum Gasteiger partial charge on any atom is -0.296 e. The predicted octanol–water partition coefficient (Wildman–Crippen LogP) is 3.51. The van der Waals surface area contributed by atoms with Gasteiger partial charge in [-0.25, -0.2) is 0 Å². The number of likely N-dealkylation sites (N-methyl/N-ethyl adjacent to an activating group) is 1. The molecule has 0 unspecified atom stereocenters. The Kier molecular flexibility index (Phi) is 6.22. The summed E-state index contributed by atoms with van der Waals surface area (Å²) in [6.07, 6.45) is 10.8. The molecule has 14 heavy (non-hydrogen) atoms. The third-order valence-electron chi connectivity index (χ3n) is 2.46. The lowest BCUT2D eigenvalue weighted by atomic mass is 10.2. The summed E-state index contributed by atoms with van der Waals surface area (Å²) in [5.74, 6) is 0. The van der Waals surface area contributed by atoms with Gasteiger partial charge < -0.3 is 0 Å². The first-order chi connectivity index (χ1) is 6.58. The maximum atomic E-state index is 3.75. The molecule has 1 heteroatoms. The number of quaternary nitrogens is 1. The second-order valence-corrected chi connectivity index (χ2v) is 4.05. The van der Waals surface area contributed by atoms with Gasteiger partial charge in [0, 0.05) is 6.42 Å². The smallest absolute Gasteiger partial charge is 0.127 e. The normalized spacial score (nSPS) is 13.6.